The zero-order valence-electron chi connectivity index (χ0n) is 17.4. The van der Waals surface area contributed by atoms with Gasteiger partial charge in [0, 0.05) is 23.2 Å². The second kappa shape index (κ2) is 10.8. The van der Waals surface area contributed by atoms with Crippen molar-refractivity contribution in [3.63, 3.8) is 0 Å². The summed E-state index contributed by atoms with van der Waals surface area (Å²) in [5.41, 5.74) is 1.15. The molecule has 0 bridgehead atoms. The van der Waals surface area contributed by atoms with Gasteiger partial charge in [-0.25, -0.2) is 4.39 Å². The molecule has 1 unspecified atom stereocenters. The van der Waals surface area contributed by atoms with E-state index < -0.39 is 11.4 Å². The molecule has 1 aliphatic rings. The number of halogens is 3. The summed E-state index contributed by atoms with van der Waals surface area (Å²) in [6, 6.07) is 11.4. The SMILES string of the molecule is CC1(NC(=O)COc2ccc(Cl)c(F)c2)C=C(NC(=O)COCCc2cccc(Cl)c2)C1. The first-order valence-electron chi connectivity index (χ1n) is 9.95. The van der Waals surface area contributed by atoms with Crippen molar-refractivity contribution < 1.29 is 23.5 Å². The fraction of sp³-hybridized carbons (Fsp3) is 0.304. The van der Waals surface area contributed by atoms with E-state index in [0.717, 1.165) is 11.6 Å². The number of amides is 2. The molecule has 3 rings (SSSR count). The van der Waals surface area contributed by atoms with Crippen LogP contribution in [-0.4, -0.2) is 37.2 Å². The molecule has 2 aromatic rings. The van der Waals surface area contributed by atoms with Crippen LogP contribution in [0.3, 0.4) is 0 Å². The molecule has 170 valence electrons. The van der Waals surface area contributed by atoms with Crippen LogP contribution < -0.4 is 15.4 Å². The molecule has 2 N–H and O–H groups in total. The number of nitrogens with one attached hydrogen (secondary N) is 2. The van der Waals surface area contributed by atoms with Crippen molar-refractivity contribution in [3.8, 4) is 5.75 Å². The Hall–Kier alpha value is -2.61. The lowest BCUT2D eigenvalue weighted by Crippen LogP contribution is -2.53. The number of rotatable bonds is 10. The van der Waals surface area contributed by atoms with Crippen molar-refractivity contribution in [1.82, 2.24) is 10.6 Å². The van der Waals surface area contributed by atoms with Gasteiger partial charge in [-0.1, -0.05) is 35.3 Å². The number of carbonyl (C=O) groups is 2. The highest BCUT2D eigenvalue weighted by Gasteiger charge is 2.34. The maximum atomic E-state index is 13.4. The van der Waals surface area contributed by atoms with Crippen LogP contribution >= 0.6 is 23.2 Å². The lowest BCUT2D eigenvalue weighted by Gasteiger charge is -2.37. The minimum Gasteiger partial charge on any atom is -0.484 e. The number of ether oxygens (including phenoxy) is 2. The van der Waals surface area contributed by atoms with Crippen LogP contribution in [-0.2, 0) is 20.7 Å². The Morgan fingerprint density at radius 3 is 2.62 bits per heavy atom. The molecule has 32 heavy (non-hydrogen) atoms. The summed E-state index contributed by atoms with van der Waals surface area (Å²) >= 11 is 11.6. The van der Waals surface area contributed by atoms with E-state index >= 15 is 0 Å². The predicted octanol–water partition coefficient (Wildman–Crippen LogP) is 4.05. The summed E-state index contributed by atoms with van der Waals surface area (Å²) in [4.78, 5) is 24.1. The molecule has 0 aliphatic heterocycles. The molecule has 0 heterocycles. The van der Waals surface area contributed by atoms with Gasteiger partial charge in [-0.2, -0.15) is 0 Å². The zero-order valence-corrected chi connectivity index (χ0v) is 18.9. The molecule has 9 heteroatoms. The molecule has 0 radical (unpaired) electrons. The third-order valence-electron chi connectivity index (χ3n) is 4.69. The lowest BCUT2D eigenvalue weighted by molar-refractivity contribution is -0.125. The Bertz CT molecular complexity index is 1030. The van der Waals surface area contributed by atoms with E-state index in [1.54, 1.807) is 12.1 Å². The second-order valence-corrected chi connectivity index (χ2v) is 8.50. The molecule has 0 saturated heterocycles. The number of carbonyl (C=O) groups excluding carboxylic acids is 2. The van der Waals surface area contributed by atoms with Gasteiger partial charge >= 0.3 is 0 Å². The molecule has 0 aromatic heterocycles. The van der Waals surface area contributed by atoms with E-state index in [2.05, 4.69) is 10.6 Å². The molecular weight excluding hydrogens is 458 g/mol. The third kappa shape index (κ3) is 7.22. The number of benzene rings is 2. The Balaban J connectivity index is 1.34. The normalized spacial score (nSPS) is 17.2. The molecule has 6 nitrogen and oxygen atoms in total. The Labute approximate surface area is 195 Å². The first-order chi connectivity index (χ1) is 15.2. The molecule has 2 aromatic carbocycles. The molecule has 1 aliphatic carbocycles. The Morgan fingerprint density at radius 1 is 1.12 bits per heavy atom. The molecule has 0 saturated carbocycles. The molecule has 0 spiro atoms. The minimum atomic E-state index is -0.618. The fourth-order valence-corrected chi connectivity index (χ4v) is 3.57. The monoisotopic (exact) mass is 480 g/mol. The van der Waals surface area contributed by atoms with Crippen molar-refractivity contribution in [1.29, 1.82) is 0 Å². The average Bonchev–Trinajstić information content (AvgIpc) is 2.71. The summed E-state index contributed by atoms with van der Waals surface area (Å²) in [7, 11) is 0. The summed E-state index contributed by atoms with van der Waals surface area (Å²) in [5, 5.41) is 6.22. The predicted molar refractivity (Wildman–Crippen MR) is 120 cm³/mol. The Morgan fingerprint density at radius 2 is 1.91 bits per heavy atom. The summed E-state index contributed by atoms with van der Waals surface area (Å²) in [5.74, 6) is -1.04. The van der Waals surface area contributed by atoms with Crippen molar-refractivity contribution in [2.24, 2.45) is 0 Å². The average molecular weight is 481 g/mol. The fourth-order valence-electron chi connectivity index (χ4n) is 3.24. The van der Waals surface area contributed by atoms with Gasteiger partial charge in [0.1, 0.15) is 18.2 Å². The number of hydrogen-bond donors (Lipinski definition) is 2. The highest BCUT2D eigenvalue weighted by molar-refractivity contribution is 6.31. The summed E-state index contributed by atoms with van der Waals surface area (Å²) in [6.45, 7) is 1.89. The molecular formula is C23H23Cl2FN2O4. The van der Waals surface area contributed by atoms with E-state index in [1.807, 2.05) is 25.1 Å². The van der Waals surface area contributed by atoms with Gasteiger partial charge < -0.3 is 20.1 Å². The highest BCUT2D eigenvalue weighted by atomic mass is 35.5. The van der Waals surface area contributed by atoms with Gasteiger partial charge in [0.05, 0.1) is 17.2 Å². The largest absolute Gasteiger partial charge is 0.484 e. The Kier molecular flexibility index (Phi) is 8.12. The smallest absolute Gasteiger partial charge is 0.258 e. The van der Waals surface area contributed by atoms with E-state index in [0.29, 0.717) is 30.2 Å². The van der Waals surface area contributed by atoms with Crippen LogP contribution in [0.25, 0.3) is 0 Å². The van der Waals surface area contributed by atoms with Gasteiger partial charge in [0.25, 0.3) is 5.91 Å². The van der Waals surface area contributed by atoms with Gasteiger partial charge in [-0.3, -0.25) is 9.59 Å². The van der Waals surface area contributed by atoms with Crippen molar-refractivity contribution in [2.75, 3.05) is 19.8 Å². The third-order valence-corrected chi connectivity index (χ3v) is 5.24. The van der Waals surface area contributed by atoms with Gasteiger partial charge in [-0.15, -0.1) is 0 Å². The summed E-state index contributed by atoms with van der Waals surface area (Å²) in [6.07, 6.45) is 2.88. The van der Waals surface area contributed by atoms with E-state index in [-0.39, 0.29) is 35.8 Å². The van der Waals surface area contributed by atoms with Crippen LogP contribution in [0.2, 0.25) is 10.0 Å². The minimum absolute atomic E-state index is 0.0185. The van der Waals surface area contributed by atoms with Crippen LogP contribution in [0.5, 0.6) is 5.75 Å². The van der Waals surface area contributed by atoms with Crippen molar-refractivity contribution in [3.05, 3.63) is 75.7 Å². The van der Waals surface area contributed by atoms with Crippen LogP contribution in [0.15, 0.2) is 54.2 Å². The first kappa shape index (κ1) is 24.0. The summed E-state index contributed by atoms with van der Waals surface area (Å²) < 4.78 is 24.1. The van der Waals surface area contributed by atoms with Crippen LogP contribution in [0.4, 0.5) is 4.39 Å². The molecule has 2 amide bonds. The number of hydrogen-bond acceptors (Lipinski definition) is 4. The van der Waals surface area contributed by atoms with Crippen LogP contribution in [0.1, 0.15) is 18.9 Å². The van der Waals surface area contributed by atoms with Crippen LogP contribution in [0, 0.1) is 5.82 Å². The maximum Gasteiger partial charge on any atom is 0.258 e. The standard InChI is InChI=1S/C23H23Cl2FN2O4/c1-23(28-22(30)14-32-18-5-6-19(25)20(26)10-18)11-17(12-23)27-21(29)13-31-8-7-15-3-2-4-16(24)9-15/h2-6,9-11H,7-8,12-14H2,1H3,(H,27,29)(H,28,30). The van der Waals surface area contributed by atoms with Gasteiger partial charge in [-0.05, 0) is 49.2 Å². The van der Waals surface area contributed by atoms with Gasteiger partial charge in [0.15, 0.2) is 6.61 Å². The topological polar surface area (TPSA) is 76.7 Å². The zero-order chi connectivity index (χ0) is 23.1. The van der Waals surface area contributed by atoms with E-state index in [9.17, 15) is 14.0 Å². The second-order valence-electron chi connectivity index (χ2n) is 7.66. The maximum absolute atomic E-state index is 13.4. The highest BCUT2D eigenvalue weighted by Crippen LogP contribution is 2.28. The van der Waals surface area contributed by atoms with Crippen molar-refractivity contribution >= 4 is 35.0 Å². The van der Waals surface area contributed by atoms with E-state index in [4.69, 9.17) is 32.7 Å². The van der Waals surface area contributed by atoms with Crippen molar-refractivity contribution in [2.45, 2.75) is 25.3 Å². The van der Waals surface area contributed by atoms with Gasteiger partial charge in [0.2, 0.25) is 5.91 Å². The lowest BCUT2D eigenvalue weighted by atomic mass is 9.84. The van der Waals surface area contributed by atoms with E-state index in [1.165, 1.54) is 12.1 Å². The molecule has 0 fully saturated rings. The first-order valence-corrected chi connectivity index (χ1v) is 10.7. The molecule has 1 atom stereocenters. The quantitative estimate of drug-likeness (QED) is 0.503.